The van der Waals surface area contributed by atoms with Gasteiger partial charge in [-0.25, -0.2) is 8.78 Å². The quantitative estimate of drug-likeness (QED) is 0.639. The number of benzene rings is 1. The van der Waals surface area contributed by atoms with E-state index in [1.165, 1.54) is 0 Å². The Bertz CT molecular complexity index is 267. The lowest BCUT2D eigenvalue weighted by molar-refractivity contribution is 0.149. The van der Waals surface area contributed by atoms with Crippen molar-refractivity contribution < 1.29 is 8.78 Å². The largest absolute Gasteiger partial charge is 0.242 e. The fourth-order valence-electron chi connectivity index (χ4n) is 1.11. The Morgan fingerprint density at radius 1 is 1.17 bits per heavy atom. The Morgan fingerprint density at radius 3 is 2.33 bits per heavy atom. The third kappa shape index (κ3) is 2.29. The maximum atomic E-state index is 12.0. The van der Waals surface area contributed by atoms with Gasteiger partial charge in [-0.2, -0.15) is 0 Å². The lowest BCUT2D eigenvalue weighted by Crippen LogP contribution is -1.97. The Labute approximate surface area is 71.2 Å². The first kappa shape index (κ1) is 9.17. The highest BCUT2D eigenvalue weighted by Gasteiger charge is 2.04. The van der Waals surface area contributed by atoms with Gasteiger partial charge in [-0.3, -0.25) is 0 Å². The molecule has 0 aromatic heterocycles. The minimum Gasteiger partial charge on any atom is -0.210 e. The Kier molecular flexibility index (Phi) is 2.79. The van der Waals surface area contributed by atoms with Crippen LogP contribution in [0.4, 0.5) is 8.78 Å². The van der Waals surface area contributed by atoms with Gasteiger partial charge in [0, 0.05) is 6.42 Å². The average molecular weight is 170 g/mol. The molecule has 0 aliphatic rings. The predicted molar refractivity (Wildman–Crippen MR) is 45.6 cm³/mol. The maximum absolute atomic E-state index is 12.0. The number of hydrogen-bond acceptors (Lipinski definition) is 0. The second kappa shape index (κ2) is 3.65. The second-order valence-corrected chi connectivity index (χ2v) is 3.01. The zero-order valence-electron chi connectivity index (χ0n) is 7.27. The van der Waals surface area contributed by atoms with Gasteiger partial charge >= 0.3 is 0 Å². The van der Waals surface area contributed by atoms with E-state index in [0.29, 0.717) is 5.56 Å². The third-order valence-electron chi connectivity index (χ3n) is 1.96. The number of halogens is 2. The molecule has 0 amide bonds. The first-order valence-corrected chi connectivity index (χ1v) is 3.94. The summed E-state index contributed by atoms with van der Waals surface area (Å²) < 4.78 is 23.9. The van der Waals surface area contributed by atoms with Gasteiger partial charge in [-0.05, 0) is 30.5 Å². The van der Waals surface area contributed by atoms with E-state index >= 15 is 0 Å². The van der Waals surface area contributed by atoms with Crippen molar-refractivity contribution >= 4 is 0 Å². The molecule has 0 atom stereocenters. The topological polar surface area (TPSA) is 0 Å². The fraction of sp³-hybridized carbons (Fsp3) is 0.400. The molecule has 2 heteroatoms. The maximum Gasteiger partial charge on any atom is 0.242 e. The summed E-state index contributed by atoms with van der Waals surface area (Å²) in [5.74, 6) is 0. The molecular formula is C10H12F2. The highest BCUT2D eigenvalue weighted by molar-refractivity contribution is 5.30. The van der Waals surface area contributed by atoms with E-state index in [-0.39, 0.29) is 6.42 Å². The van der Waals surface area contributed by atoms with Crippen molar-refractivity contribution in [2.45, 2.75) is 26.7 Å². The highest BCUT2D eigenvalue weighted by atomic mass is 19.3. The molecule has 0 aliphatic heterocycles. The summed E-state index contributed by atoms with van der Waals surface area (Å²) in [7, 11) is 0. The Balaban J connectivity index is 2.82. The summed E-state index contributed by atoms with van der Waals surface area (Å²) in [6, 6.07) is 5.46. The molecule has 0 fully saturated rings. The molecule has 0 heterocycles. The van der Waals surface area contributed by atoms with Crippen LogP contribution >= 0.6 is 0 Å². The molecule has 0 saturated heterocycles. The summed E-state index contributed by atoms with van der Waals surface area (Å²) in [5, 5.41) is 0. The van der Waals surface area contributed by atoms with Crippen molar-refractivity contribution in [3.8, 4) is 0 Å². The van der Waals surface area contributed by atoms with E-state index in [2.05, 4.69) is 0 Å². The number of hydrogen-bond donors (Lipinski definition) is 0. The predicted octanol–water partition coefficient (Wildman–Crippen LogP) is 3.11. The normalized spacial score (nSPS) is 10.8. The monoisotopic (exact) mass is 170 g/mol. The first-order valence-electron chi connectivity index (χ1n) is 3.94. The van der Waals surface area contributed by atoms with Crippen LogP contribution in [0.1, 0.15) is 16.7 Å². The van der Waals surface area contributed by atoms with Crippen LogP contribution < -0.4 is 0 Å². The molecule has 0 radical (unpaired) electrons. The lowest BCUT2D eigenvalue weighted by Gasteiger charge is -2.03. The Morgan fingerprint density at radius 2 is 1.83 bits per heavy atom. The SMILES string of the molecule is Cc1ccc(CC(F)F)cc1C. The van der Waals surface area contributed by atoms with Crippen LogP contribution in [0.25, 0.3) is 0 Å². The zero-order valence-corrected chi connectivity index (χ0v) is 7.27. The molecule has 1 rings (SSSR count). The van der Waals surface area contributed by atoms with Gasteiger partial charge in [0.2, 0.25) is 6.43 Å². The molecule has 0 aliphatic carbocycles. The summed E-state index contributed by atoms with van der Waals surface area (Å²) in [6.07, 6.45) is -2.38. The van der Waals surface area contributed by atoms with Gasteiger partial charge in [-0.15, -0.1) is 0 Å². The van der Waals surface area contributed by atoms with Gasteiger partial charge in [0.25, 0.3) is 0 Å². The van der Waals surface area contributed by atoms with Gasteiger partial charge in [0.15, 0.2) is 0 Å². The van der Waals surface area contributed by atoms with Crippen molar-refractivity contribution in [2.75, 3.05) is 0 Å². The van der Waals surface area contributed by atoms with E-state index in [9.17, 15) is 8.78 Å². The summed E-state index contributed by atoms with van der Waals surface area (Å²) in [5.41, 5.74) is 2.94. The second-order valence-electron chi connectivity index (χ2n) is 3.01. The first-order chi connectivity index (χ1) is 5.59. The van der Waals surface area contributed by atoms with Crippen molar-refractivity contribution in [1.29, 1.82) is 0 Å². The van der Waals surface area contributed by atoms with Gasteiger partial charge < -0.3 is 0 Å². The van der Waals surface area contributed by atoms with Crippen molar-refractivity contribution in [1.82, 2.24) is 0 Å². The van der Waals surface area contributed by atoms with Crippen molar-refractivity contribution in [3.63, 3.8) is 0 Å². The average Bonchev–Trinajstić information content (AvgIpc) is 1.96. The number of aryl methyl sites for hydroxylation is 2. The smallest absolute Gasteiger partial charge is 0.210 e. The zero-order chi connectivity index (χ0) is 9.14. The standard InChI is InChI=1S/C10H12F2/c1-7-3-4-9(5-8(7)2)6-10(11)12/h3-5,10H,6H2,1-2H3. The molecule has 0 saturated carbocycles. The number of alkyl halides is 2. The van der Waals surface area contributed by atoms with Crippen LogP contribution in [0.3, 0.4) is 0 Å². The van der Waals surface area contributed by atoms with Crippen molar-refractivity contribution in [3.05, 3.63) is 34.9 Å². The van der Waals surface area contributed by atoms with E-state index in [0.717, 1.165) is 11.1 Å². The summed E-state index contributed by atoms with van der Waals surface area (Å²) in [4.78, 5) is 0. The van der Waals surface area contributed by atoms with Gasteiger partial charge in [-0.1, -0.05) is 18.2 Å². The lowest BCUT2D eigenvalue weighted by atomic mass is 10.0. The molecule has 0 N–H and O–H groups in total. The summed E-state index contributed by atoms with van der Waals surface area (Å²) in [6.45, 7) is 3.91. The van der Waals surface area contributed by atoms with Crippen LogP contribution in [-0.4, -0.2) is 6.43 Å². The molecule has 0 nitrogen and oxygen atoms in total. The van der Waals surface area contributed by atoms with E-state index < -0.39 is 6.43 Å². The van der Waals surface area contributed by atoms with Crippen LogP contribution in [0.2, 0.25) is 0 Å². The van der Waals surface area contributed by atoms with Crippen LogP contribution in [-0.2, 0) is 6.42 Å². The fourth-order valence-corrected chi connectivity index (χ4v) is 1.11. The van der Waals surface area contributed by atoms with Gasteiger partial charge in [0.1, 0.15) is 0 Å². The van der Waals surface area contributed by atoms with E-state index in [4.69, 9.17) is 0 Å². The van der Waals surface area contributed by atoms with E-state index in [1.54, 1.807) is 6.07 Å². The van der Waals surface area contributed by atoms with Crippen molar-refractivity contribution in [2.24, 2.45) is 0 Å². The molecule has 0 unspecified atom stereocenters. The third-order valence-corrected chi connectivity index (χ3v) is 1.96. The molecule has 12 heavy (non-hydrogen) atoms. The molecule has 0 spiro atoms. The van der Waals surface area contributed by atoms with Gasteiger partial charge in [0.05, 0.1) is 0 Å². The highest BCUT2D eigenvalue weighted by Crippen LogP contribution is 2.12. The van der Waals surface area contributed by atoms with E-state index in [1.807, 2.05) is 26.0 Å². The summed E-state index contributed by atoms with van der Waals surface area (Å²) >= 11 is 0. The van der Waals surface area contributed by atoms with Crippen LogP contribution in [0.15, 0.2) is 18.2 Å². The van der Waals surface area contributed by atoms with Crippen LogP contribution in [0.5, 0.6) is 0 Å². The minimum absolute atomic E-state index is 0.138. The Hall–Kier alpha value is -0.920. The minimum atomic E-state index is -2.24. The van der Waals surface area contributed by atoms with Crippen LogP contribution in [0, 0.1) is 13.8 Å². The molecular weight excluding hydrogens is 158 g/mol. The molecule has 0 bridgehead atoms. The molecule has 66 valence electrons. The molecule has 1 aromatic carbocycles. The number of rotatable bonds is 2. The molecule has 1 aromatic rings.